The van der Waals surface area contributed by atoms with Crippen molar-refractivity contribution in [2.45, 2.75) is 37.8 Å². The first-order valence-corrected chi connectivity index (χ1v) is 8.77. The van der Waals surface area contributed by atoms with E-state index in [1.165, 1.54) is 16.7 Å². The second-order valence-corrected chi connectivity index (χ2v) is 7.34. The lowest BCUT2D eigenvalue weighted by Crippen LogP contribution is -2.75. The molecule has 3 atom stereocenters. The molecule has 2 aliphatic heterocycles. The zero-order valence-electron chi connectivity index (χ0n) is 14.7. The van der Waals surface area contributed by atoms with E-state index in [0.717, 1.165) is 12.2 Å². The lowest BCUT2D eigenvalue weighted by atomic mass is 9.64. The minimum atomic E-state index is -0.385. The number of likely N-dealkylation sites (tertiary alicyclic amines) is 1. The van der Waals surface area contributed by atoms with Crippen molar-refractivity contribution in [1.29, 1.82) is 0 Å². The zero-order chi connectivity index (χ0) is 17.6. The maximum atomic E-state index is 12.6. The van der Waals surface area contributed by atoms with Crippen molar-refractivity contribution in [3.63, 3.8) is 0 Å². The number of ether oxygens (including phenoxy) is 1. The second-order valence-electron chi connectivity index (χ2n) is 7.34. The SMILES string of the molecule is C=CCN1C(=O)[C@H]2Oc3ccc(C)cc3[C@](C)(Cc3ccccc3)[C@H]21. The predicted octanol–water partition coefficient (Wildman–Crippen LogP) is 3.65. The van der Waals surface area contributed by atoms with Crippen LogP contribution in [0.1, 0.15) is 23.6 Å². The van der Waals surface area contributed by atoms with Crippen LogP contribution in [0.4, 0.5) is 0 Å². The molecule has 0 unspecified atom stereocenters. The Morgan fingerprint density at radius 1 is 1.24 bits per heavy atom. The summed E-state index contributed by atoms with van der Waals surface area (Å²) in [4.78, 5) is 14.5. The second kappa shape index (κ2) is 5.76. The van der Waals surface area contributed by atoms with E-state index >= 15 is 0 Å². The van der Waals surface area contributed by atoms with E-state index in [-0.39, 0.29) is 23.5 Å². The Labute approximate surface area is 148 Å². The molecule has 1 saturated heterocycles. The molecule has 3 heteroatoms. The first kappa shape index (κ1) is 15.9. The summed E-state index contributed by atoms with van der Waals surface area (Å²) in [5.41, 5.74) is 3.49. The van der Waals surface area contributed by atoms with Gasteiger partial charge in [0.1, 0.15) is 5.75 Å². The lowest BCUT2D eigenvalue weighted by Gasteiger charge is -2.57. The summed E-state index contributed by atoms with van der Waals surface area (Å²) in [5, 5.41) is 0. The molecule has 2 aromatic carbocycles. The lowest BCUT2D eigenvalue weighted by molar-refractivity contribution is -0.171. The van der Waals surface area contributed by atoms with Crippen molar-refractivity contribution in [2.24, 2.45) is 0 Å². The van der Waals surface area contributed by atoms with E-state index in [4.69, 9.17) is 4.74 Å². The molecule has 25 heavy (non-hydrogen) atoms. The minimum absolute atomic E-state index is 0.0347. The number of carbonyl (C=O) groups is 1. The number of aryl methyl sites for hydroxylation is 1. The summed E-state index contributed by atoms with van der Waals surface area (Å²) in [5.74, 6) is 0.910. The van der Waals surface area contributed by atoms with Crippen molar-refractivity contribution in [3.05, 3.63) is 77.9 Å². The van der Waals surface area contributed by atoms with E-state index in [0.29, 0.717) is 6.54 Å². The molecule has 3 nitrogen and oxygen atoms in total. The molecule has 0 aliphatic carbocycles. The number of fused-ring (bicyclic) bond motifs is 2. The number of hydrogen-bond acceptors (Lipinski definition) is 2. The maximum absolute atomic E-state index is 12.6. The topological polar surface area (TPSA) is 29.5 Å². The van der Waals surface area contributed by atoms with E-state index in [9.17, 15) is 4.79 Å². The standard InChI is InChI=1S/C22H23NO2/c1-4-12-23-20-19(21(23)24)25-18-11-10-15(2)13-17(18)22(20,3)14-16-8-6-5-7-9-16/h4-11,13,19-20H,1,12,14H2,2-3H3/t19-,20-,22-/m0/s1. The number of benzene rings is 2. The molecular formula is C22H23NO2. The summed E-state index contributed by atoms with van der Waals surface area (Å²) in [6.07, 6.45) is 2.28. The molecule has 128 valence electrons. The summed E-state index contributed by atoms with van der Waals surface area (Å²) in [7, 11) is 0. The van der Waals surface area contributed by atoms with Gasteiger partial charge in [-0.1, -0.05) is 61.0 Å². The van der Waals surface area contributed by atoms with Crippen molar-refractivity contribution in [3.8, 4) is 5.75 Å². The van der Waals surface area contributed by atoms with Gasteiger partial charge in [-0.05, 0) is 25.0 Å². The van der Waals surface area contributed by atoms with E-state index in [1.807, 2.05) is 23.1 Å². The van der Waals surface area contributed by atoms with Crippen molar-refractivity contribution in [1.82, 2.24) is 4.90 Å². The third-order valence-corrected chi connectivity index (χ3v) is 5.55. The van der Waals surface area contributed by atoms with Gasteiger partial charge < -0.3 is 9.64 Å². The van der Waals surface area contributed by atoms with Crippen LogP contribution in [-0.2, 0) is 16.6 Å². The molecule has 1 fully saturated rings. The predicted molar refractivity (Wildman–Crippen MR) is 98.8 cm³/mol. The van der Waals surface area contributed by atoms with E-state index in [1.54, 1.807) is 6.08 Å². The molecule has 1 amide bonds. The van der Waals surface area contributed by atoms with Crippen molar-refractivity contribution in [2.75, 3.05) is 6.54 Å². The Hall–Kier alpha value is -2.55. The van der Waals surface area contributed by atoms with Gasteiger partial charge in [-0.2, -0.15) is 0 Å². The van der Waals surface area contributed by atoms with Gasteiger partial charge in [-0.3, -0.25) is 4.79 Å². The van der Waals surface area contributed by atoms with Gasteiger partial charge in [0.05, 0.1) is 6.04 Å². The molecule has 0 N–H and O–H groups in total. The van der Waals surface area contributed by atoms with Crippen molar-refractivity contribution >= 4 is 5.91 Å². The first-order chi connectivity index (χ1) is 12.0. The zero-order valence-corrected chi connectivity index (χ0v) is 14.7. The highest BCUT2D eigenvalue weighted by atomic mass is 16.5. The Morgan fingerprint density at radius 2 is 2.00 bits per heavy atom. The average Bonchev–Trinajstić information content (AvgIpc) is 2.61. The highest BCUT2D eigenvalue weighted by Crippen LogP contribution is 2.49. The fraction of sp³-hybridized carbons (Fsp3) is 0.318. The summed E-state index contributed by atoms with van der Waals surface area (Å²) in [6.45, 7) is 8.74. The van der Waals surface area contributed by atoms with Gasteiger partial charge in [0, 0.05) is 17.5 Å². The summed E-state index contributed by atoms with van der Waals surface area (Å²) < 4.78 is 6.08. The molecule has 0 aromatic heterocycles. The number of amides is 1. The molecule has 0 bridgehead atoms. The van der Waals surface area contributed by atoms with Crippen LogP contribution in [0.3, 0.4) is 0 Å². The first-order valence-electron chi connectivity index (χ1n) is 8.77. The highest BCUT2D eigenvalue weighted by Gasteiger charge is 2.60. The Kier molecular flexibility index (Phi) is 3.68. The highest BCUT2D eigenvalue weighted by molar-refractivity contribution is 5.90. The monoisotopic (exact) mass is 333 g/mol. The van der Waals surface area contributed by atoms with Crippen LogP contribution in [0.2, 0.25) is 0 Å². The number of rotatable bonds is 4. The van der Waals surface area contributed by atoms with Crippen LogP contribution >= 0.6 is 0 Å². The minimum Gasteiger partial charge on any atom is -0.478 e. The van der Waals surface area contributed by atoms with Gasteiger partial charge >= 0.3 is 0 Å². The molecule has 2 aromatic rings. The van der Waals surface area contributed by atoms with Crippen LogP contribution in [-0.4, -0.2) is 29.5 Å². The number of β-lactam (4-membered cyclic amide) rings is 1. The molecule has 0 radical (unpaired) electrons. The largest absolute Gasteiger partial charge is 0.478 e. The van der Waals surface area contributed by atoms with Crippen LogP contribution in [0, 0.1) is 6.92 Å². The van der Waals surface area contributed by atoms with Gasteiger partial charge in [-0.15, -0.1) is 6.58 Å². The van der Waals surface area contributed by atoms with Crippen LogP contribution < -0.4 is 4.74 Å². The fourth-order valence-corrected chi connectivity index (χ4v) is 4.36. The maximum Gasteiger partial charge on any atom is 0.266 e. The number of hydrogen-bond donors (Lipinski definition) is 0. The number of nitrogens with zero attached hydrogens (tertiary/aromatic N) is 1. The van der Waals surface area contributed by atoms with Crippen molar-refractivity contribution < 1.29 is 9.53 Å². The molecular weight excluding hydrogens is 310 g/mol. The van der Waals surface area contributed by atoms with Gasteiger partial charge in [0.25, 0.3) is 5.91 Å². The third-order valence-electron chi connectivity index (χ3n) is 5.55. The molecule has 4 rings (SSSR count). The summed E-state index contributed by atoms with van der Waals surface area (Å²) in [6, 6.07) is 16.8. The smallest absolute Gasteiger partial charge is 0.266 e. The van der Waals surface area contributed by atoms with Crippen LogP contribution in [0.5, 0.6) is 5.75 Å². The quantitative estimate of drug-likeness (QED) is 0.631. The van der Waals surface area contributed by atoms with Gasteiger partial charge in [0.15, 0.2) is 6.10 Å². The third kappa shape index (κ3) is 2.38. The van der Waals surface area contributed by atoms with Gasteiger partial charge in [0.2, 0.25) is 0 Å². The Morgan fingerprint density at radius 3 is 2.72 bits per heavy atom. The molecule has 2 heterocycles. The van der Waals surface area contributed by atoms with E-state index in [2.05, 4.69) is 50.8 Å². The Balaban J connectivity index is 1.83. The molecule has 2 aliphatic rings. The normalized spacial score (nSPS) is 27.0. The number of carbonyl (C=O) groups excluding carboxylic acids is 1. The van der Waals surface area contributed by atoms with Crippen LogP contribution in [0.25, 0.3) is 0 Å². The fourth-order valence-electron chi connectivity index (χ4n) is 4.36. The summed E-state index contributed by atoms with van der Waals surface area (Å²) >= 11 is 0. The molecule has 0 saturated carbocycles. The molecule has 0 spiro atoms. The Bertz CT molecular complexity index is 829. The van der Waals surface area contributed by atoms with E-state index < -0.39 is 0 Å². The van der Waals surface area contributed by atoms with Crippen LogP contribution in [0.15, 0.2) is 61.2 Å². The average molecular weight is 333 g/mol. The van der Waals surface area contributed by atoms with Gasteiger partial charge in [-0.25, -0.2) is 0 Å².